The number of benzene rings is 3. The van der Waals surface area contributed by atoms with Gasteiger partial charge < -0.3 is 35.7 Å². The highest BCUT2D eigenvalue weighted by molar-refractivity contribution is 5.84. The molecule has 4 heterocycles. The van der Waals surface area contributed by atoms with Crippen LogP contribution in [-0.2, 0) is 11.2 Å². The van der Waals surface area contributed by atoms with E-state index in [0.29, 0.717) is 41.6 Å². The molecule has 13 nitrogen and oxygen atoms in total. The third-order valence-electron chi connectivity index (χ3n) is 9.03. The van der Waals surface area contributed by atoms with E-state index in [1.807, 2.05) is 80.6 Å². The Morgan fingerprint density at radius 3 is 2.14 bits per heavy atom. The fourth-order valence-corrected chi connectivity index (χ4v) is 6.32. The van der Waals surface area contributed by atoms with E-state index in [1.54, 1.807) is 4.57 Å². The minimum absolute atomic E-state index is 0.00212. The van der Waals surface area contributed by atoms with E-state index in [9.17, 15) is 15.3 Å². The molecular formula is C37H41N9O4. The SMILES string of the molecule is CC(C)c1nnc([C@H]2O[C@@H](n3cnc4c(NCC(c5ccccc5)c5ccccc5)nc(NC(CO)Cc5ccccc5)nc43)[C@H](O)[C@@H]2O)[nH]1. The van der Waals surface area contributed by atoms with Crippen LogP contribution >= 0.6 is 0 Å². The molecule has 0 bridgehead atoms. The number of ether oxygens (including phenoxy) is 1. The highest BCUT2D eigenvalue weighted by atomic mass is 16.6. The fourth-order valence-electron chi connectivity index (χ4n) is 6.32. The number of fused-ring (bicyclic) bond motifs is 1. The third-order valence-corrected chi connectivity index (χ3v) is 9.03. The molecule has 0 saturated carbocycles. The predicted octanol–water partition coefficient (Wildman–Crippen LogP) is 4.32. The van der Waals surface area contributed by atoms with Crippen molar-refractivity contribution in [3.8, 4) is 0 Å². The summed E-state index contributed by atoms with van der Waals surface area (Å²) >= 11 is 0. The lowest BCUT2D eigenvalue weighted by molar-refractivity contribution is -0.0382. The molecule has 258 valence electrons. The first-order valence-electron chi connectivity index (χ1n) is 16.8. The molecule has 1 fully saturated rings. The van der Waals surface area contributed by atoms with Gasteiger partial charge in [0.25, 0.3) is 0 Å². The Hall–Kier alpha value is -5.21. The zero-order valence-corrected chi connectivity index (χ0v) is 27.8. The number of nitrogens with zero attached hydrogens (tertiary/aromatic N) is 6. The maximum atomic E-state index is 11.3. The molecule has 1 unspecified atom stereocenters. The molecule has 7 rings (SSSR count). The molecule has 1 saturated heterocycles. The van der Waals surface area contributed by atoms with Gasteiger partial charge in [-0.05, 0) is 23.1 Å². The van der Waals surface area contributed by atoms with E-state index in [1.165, 1.54) is 6.33 Å². The number of anilines is 2. The number of aromatic nitrogens is 7. The molecule has 5 atom stereocenters. The molecule has 0 radical (unpaired) electrons. The molecule has 6 aromatic rings. The van der Waals surface area contributed by atoms with Gasteiger partial charge in [0, 0.05) is 18.4 Å². The lowest BCUT2D eigenvalue weighted by atomic mass is 9.91. The third kappa shape index (κ3) is 6.94. The largest absolute Gasteiger partial charge is 0.394 e. The van der Waals surface area contributed by atoms with Crippen LogP contribution in [0.3, 0.4) is 0 Å². The number of hydrogen-bond acceptors (Lipinski definition) is 11. The van der Waals surface area contributed by atoms with Crippen LogP contribution in [-0.4, -0.2) is 81.4 Å². The second kappa shape index (κ2) is 14.7. The molecule has 6 N–H and O–H groups in total. The summed E-state index contributed by atoms with van der Waals surface area (Å²) in [6.07, 6.45) is -2.54. The van der Waals surface area contributed by atoms with Crippen molar-refractivity contribution in [1.82, 2.24) is 34.7 Å². The number of aliphatic hydroxyl groups is 3. The predicted molar refractivity (Wildman–Crippen MR) is 189 cm³/mol. The Kier molecular flexibility index (Phi) is 9.81. The summed E-state index contributed by atoms with van der Waals surface area (Å²) < 4.78 is 7.84. The summed E-state index contributed by atoms with van der Waals surface area (Å²) in [5.74, 6) is 1.79. The molecule has 1 aliphatic heterocycles. The Labute approximate surface area is 289 Å². The molecule has 0 spiro atoms. The maximum Gasteiger partial charge on any atom is 0.227 e. The summed E-state index contributed by atoms with van der Waals surface area (Å²) in [5, 5.41) is 47.9. The molecule has 50 heavy (non-hydrogen) atoms. The van der Waals surface area contributed by atoms with Crippen molar-refractivity contribution in [2.24, 2.45) is 0 Å². The number of hydrogen-bond donors (Lipinski definition) is 6. The van der Waals surface area contributed by atoms with E-state index in [0.717, 1.165) is 16.7 Å². The van der Waals surface area contributed by atoms with Crippen molar-refractivity contribution in [2.45, 2.75) is 62.7 Å². The van der Waals surface area contributed by atoms with Gasteiger partial charge in [0.1, 0.15) is 24.1 Å². The van der Waals surface area contributed by atoms with E-state index < -0.39 is 24.5 Å². The van der Waals surface area contributed by atoms with Crippen LogP contribution in [0.4, 0.5) is 11.8 Å². The van der Waals surface area contributed by atoms with Gasteiger partial charge in [0.15, 0.2) is 29.0 Å². The summed E-state index contributed by atoms with van der Waals surface area (Å²) in [6.45, 7) is 4.29. The van der Waals surface area contributed by atoms with Crippen molar-refractivity contribution >= 4 is 22.9 Å². The lowest BCUT2D eigenvalue weighted by Gasteiger charge is -2.21. The maximum absolute atomic E-state index is 11.3. The fraction of sp³-hybridized carbons (Fsp3) is 0.324. The second-order valence-electron chi connectivity index (χ2n) is 12.9. The van der Waals surface area contributed by atoms with E-state index >= 15 is 0 Å². The first kappa shape index (κ1) is 33.3. The summed E-state index contributed by atoms with van der Waals surface area (Å²) in [6, 6.07) is 30.0. The number of imidazole rings is 1. The monoisotopic (exact) mass is 675 g/mol. The number of H-pyrrole nitrogens is 1. The van der Waals surface area contributed by atoms with Crippen LogP contribution in [0, 0.1) is 0 Å². The zero-order valence-electron chi connectivity index (χ0n) is 27.8. The Morgan fingerprint density at radius 1 is 0.860 bits per heavy atom. The molecule has 1 aliphatic rings. The van der Waals surface area contributed by atoms with E-state index in [4.69, 9.17) is 14.7 Å². The quantitative estimate of drug-likeness (QED) is 0.103. The first-order chi connectivity index (χ1) is 24.4. The summed E-state index contributed by atoms with van der Waals surface area (Å²) in [5.41, 5.74) is 4.15. The van der Waals surface area contributed by atoms with Crippen molar-refractivity contribution in [3.05, 3.63) is 126 Å². The van der Waals surface area contributed by atoms with Crippen molar-refractivity contribution in [1.29, 1.82) is 0 Å². The first-order valence-corrected chi connectivity index (χ1v) is 16.8. The zero-order chi connectivity index (χ0) is 34.6. The van der Waals surface area contributed by atoms with Gasteiger partial charge in [-0.1, -0.05) is 105 Å². The minimum atomic E-state index is -1.32. The van der Waals surface area contributed by atoms with Crippen LogP contribution < -0.4 is 10.6 Å². The molecular weight excluding hydrogens is 634 g/mol. The van der Waals surface area contributed by atoms with Gasteiger partial charge in [0.2, 0.25) is 5.95 Å². The number of nitrogens with one attached hydrogen (secondary N) is 3. The number of aliphatic hydroxyl groups excluding tert-OH is 3. The van der Waals surface area contributed by atoms with Crippen LogP contribution in [0.5, 0.6) is 0 Å². The Morgan fingerprint density at radius 2 is 1.52 bits per heavy atom. The van der Waals surface area contributed by atoms with Gasteiger partial charge in [-0.2, -0.15) is 9.97 Å². The highest BCUT2D eigenvalue weighted by Crippen LogP contribution is 2.39. The Balaban J connectivity index is 1.24. The molecule has 3 aromatic heterocycles. The van der Waals surface area contributed by atoms with Crippen molar-refractivity contribution in [2.75, 3.05) is 23.8 Å². The van der Waals surface area contributed by atoms with Gasteiger partial charge in [-0.25, -0.2) is 4.98 Å². The molecule has 3 aromatic carbocycles. The van der Waals surface area contributed by atoms with Crippen molar-refractivity contribution < 1.29 is 20.1 Å². The highest BCUT2D eigenvalue weighted by Gasteiger charge is 2.47. The van der Waals surface area contributed by atoms with Gasteiger partial charge in [-0.15, -0.1) is 10.2 Å². The molecule has 0 amide bonds. The van der Waals surface area contributed by atoms with E-state index in [2.05, 4.69) is 55.1 Å². The standard InChI is InChI=1S/C37H41N9O4/c1-22(2)32-41-34(45-44-32)31-29(48)30(49)36(50-31)46-21-39-28-33(38-19-27(24-14-8-4-9-15-24)25-16-10-5-11-17-25)42-37(43-35(28)46)40-26(20-47)18-23-12-6-3-7-13-23/h3-17,21-22,26-27,29-31,36,47-49H,18-20H2,1-2H3,(H,41,44,45)(H2,38,40,42,43)/t26?,29-,30+,31-,36+/m0/s1. The van der Waals surface area contributed by atoms with Crippen LogP contribution in [0.25, 0.3) is 11.2 Å². The van der Waals surface area contributed by atoms with Crippen molar-refractivity contribution in [3.63, 3.8) is 0 Å². The average Bonchev–Trinajstić information content (AvgIpc) is 3.87. The van der Waals surface area contributed by atoms with Gasteiger partial charge in [0.05, 0.1) is 19.0 Å². The van der Waals surface area contributed by atoms with Crippen LogP contribution in [0.1, 0.15) is 66.4 Å². The summed E-state index contributed by atoms with van der Waals surface area (Å²) in [4.78, 5) is 17.5. The van der Waals surface area contributed by atoms with Gasteiger partial charge in [-0.3, -0.25) is 4.57 Å². The summed E-state index contributed by atoms with van der Waals surface area (Å²) in [7, 11) is 0. The molecule has 0 aliphatic carbocycles. The topological polar surface area (TPSA) is 179 Å². The van der Waals surface area contributed by atoms with E-state index in [-0.39, 0.29) is 30.4 Å². The molecule has 13 heteroatoms. The number of aromatic amines is 1. The lowest BCUT2D eigenvalue weighted by Crippen LogP contribution is -2.29. The Bertz CT molecular complexity index is 1950. The van der Waals surface area contributed by atoms with Gasteiger partial charge >= 0.3 is 0 Å². The normalized spacial score (nSPS) is 19.7. The van der Waals surface area contributed by atoms with Crippen LogP contribution in [0.2, 0.25) is 0 Å². The smallest absolute Gasteiger partial charge is 0.227 e. The minimum Gasteiger partial charge on any atom is -0.394 e. The second-order valence-corrected chi connectivity index (χ2v) is 12.9. The van der Waals surface area contributed by atoms with Crippen LogP contribution in [0.15, 0.2) is 97.3 Å². The number of rotatable bonds is 13. The average molecular weight is 676 g/mol.